The number of anilines is 1. The molecule has 156 valence electrons. The first kappa shape index (κ1) is 22.6. The number of rotatable bonds is 6. The number of alkyl halides is 3. The molecule has 0 aliphatic heterocycles. The monoisotopic (exact) mass is 565 g/mol. The third-order valence-electron chi connectivity index (χ3n) is 3.80. The molecule has 30 heavy (non-hydrogen) atoms. The van der Waals surface area contributed by atoms with E-state index in [0.717, 1.165) is 21.4 Å². The number of halogens is 6. The van der Waals surface area contributed by atoms with Gasteiger partial charge >= 0.3 is 6.18 Å². The van der Waals surface area contributed by atoms with Crippen LogP contribution in [0.3, 0.4) is 0 Å². The maximum Gasteiger partial charge on any atom is 0.417 e. The number of hydrazone groups is 1. The van der Waals surface area contributed by atoms with Crippen molar-refractivity contribution < 1.29 is 17.9 Å². The topological polar surface area (TPSA) is 46.5 Å². The van der Waals surface area contributed by atoms with Gasteiger partial charge in [0.2, 0.25) is 0 Å². The summed E-state index contributed by atoms with van der Waals surface area (Å²) in [6.45, 7) is 0.310. The second-order valence-electron chi connectivity index (χ2n) is 6.03. The number of aromatic nitrogens is 1. The number of hydrogen-bond donors (Lipinski definition) is 1. The number of ether oxygens (including phenoxy) is 1. The van der Waals surface area contributed by atoms with Crippen LogP contribution in [-0.2, 0) is 12.8 Å². The molecular weight excluding hydrogens is 553 g/mol. The van der Waals surface area contributed by atoms with Crippen LogP contribution in [0.4, 0.5) is 19.0 Å². The van der Waals surface area contributed by atoms with Gasteiger partial charge < -0.3 is 4.74 Å². The molecule has 0 saturated carbocycles. The number of nitrogens with one attached hydrogen (secondary N) is 1. The molecule has 1 N–H and O–H groups in total. The Labute approximate surface area is 194 Å². The largest absolute Gasteiger partial charge is 0.486 e. The first-order valence-electron chi connectivity index (χ1n) is 8.41. The van der Waals surface area contributed by atoms with E-state index in [4.69, 9.17) is 27.9 Å². The van der Waals surface area contributed by atoms with Crippen molar-refractivity contribution in [2.24, 2.45) is 5.10 Å². The van der Waals surface area contributed by atoms with Crippen LogP contribution in [0, 0.1) is 3.57 Å². The summed E-state index contributed by atoms with van der Waals surface area (Å²) in [4.78, 5) is 3.67. The van der Waals surface area contributed by atoms with E-state index in [1.807, 2.05) is 24.3 Å². The molecule has 0 amide bonds. The Hall–Kier alpha value is -2.04. The summed E-state index contributed by atoms with van der Waals surface area (Å²) in [7, 11) is 0. The normalized spacial score (nSPS) is 11.7. The standard InChI is InChI=1S/C20H13Cl2F3IN3O/c21-16-7-13(9-28-29-18-6-3-14(10-27-18)20(23,24)25)8-17(22)19(16)30-11-12-1-4-15(26)5-2-12/h1-10H,11H2,(H,27,29)/b28-9-. The Bertz CT molecular complexity index is 1020. The zero-order valence-corrected chi connectivity index (χ0v) is 18.7. The third-order valence-corrected chi connectivity index (χ3v) is 5.08. The van der Waals surface area contributed by atoms with Gasteiger partial charge in [-0.3, -0.25) is 5.43 Å². The summed E-state index contributed by atoms with van der Waals surface area (Å²) in [5.74, 6) is 0.514. The van der Waals surface area contributed by atoms with E-state index in [1.165, 1.54) is 12.3 Å². The lowest BCUT2D eigenvalue weighted by Crippen LogP contribution is -2.05. The molecule has 0 spiro atoms. The van der Waals surface area contributed by atoms with Gasteiger partial charge in [0.15, 0.2) is 5.75 Å². The van der Waals surface area contributed by atoms with E-state index < -0.39 is 11.7 Å². The lowest BCUT2D eigenvalue weighted by Gasteiger charge is -2.11. The van der Waals surface area contributed by atoms with Crippen LogP contribution in [0.25, 0.3) is 0 Å². The molecule has 0 unspecified atom stereocenters. The second kappa shape index (κ2) is 9.84. The number of benzene rings is 2. The molecule has 2 aromatic carbocycles. The van der Waals surface area contributed by atoms with Gasteiger partial charge in [0, 0.05) is 9.77 Å². The molecule has 1 aromatic heterocycles. The second-order valence-corrected chi connectivity index (χ2v) is 8.09. The predicted octanol–water partition coefficient (Wildman–Crippen LogP) is 7.04. The van der Waals surface area contributed by atoms with Gasteiger partial charge in [0.25, 0.3) is 0 Å². The maximum atomic E-state index is 12.5. The zero-order valence-electron chi connectivity index (χ0n) is 15.1. The third kappa shape index (κ3) is 6.23. The maximum absolute atomic E-state index is 12.5. The number of pyridine rings is 1. The van der Waals surface area contributed by atoms with Crippen molar-refractivity contribution in [2.75, 3.05) is 5.43 Å². The fourth-order valence-corrected chi connectivity index (χ4v) is 3.30. The Balaban J connectivity index is 1.63. The molecular formula is C20H13Cl2F3IN3O. The Morgan fingerprint density at radius 1 is 1.07 bits per heavy atom. The molecule has 0 aliphatic rings. The molecule has 0 saturated heterocycles. The highest BCUT2D eigenvalue weighted by Gasteiger charge is 2.30. The minimum absolute atomic E-state index is 0.161. The van der Waals surface area contributed by atoms with Gasteiger partial charge in [-0.15, -0.1) is 0 Å². The van der Waals surface area contributed by atoms with Crippen molar-refractivity contribution >= 4 is 57.8 Å². The van der Waals surface area contributed by atoms with Crippen LogP contribution in [0.1, 0.15) is 16.7 Å². The molecule has 0 fully saturated rings. The summed E-state index contributed by atoms with van der Waals surface area (Å²) < 4.78 is 44.5. The van der Waals surface area contributed by atoms with Crippen LogP contribution in [0.2, 0.25) is 10.0 Å². The van der Waals surface area contributed by atoms with Crippen LogP contribution in [0.5, 0.6) is 5.75 Å². The van der Waals surface area contributed by atoms with E-state index in [-0.39, 0.29) is 5.82 Å². The molecule has 10 heteroatoms. The highest BCUT2D eigenvalue weighted by molar-refractivity contribution is 14.1. The quantitative estimate of drug-likeness (QED) is 0.198. The smallest absolute Gasteiger partial charge is 0.417 e. The van der Waals surface area contributed by atoms with Crippen LogP contribution < -0.4 is 10.2 Å². The minimum atomic E-state index is -4.44. The average Bonchev–Trinajstić information content (AvgIpc) is 2.68. The summed E-state index contributed by atoms with van der Waals surface area (Å²) in [5.41, 5.74) is 3.26. The molecule has 3 rings (SSSR count). The van der Waals surface area contributed by atoms with E-state index in [0.29, 0.717) is 28.0 Å². The van der Waals surface area contributed by atoms with Gasteiger partial charge in [0.05, 0.1) is 21.8 Å². The van der Waals surface area contributed by atoms with Crippen LogP contribution >= 0.6 is 45.8 Å². The summed E-state index contributed by atoms with van der Waals surface area (Å²) in [5, 5.41) is 4.55. The summed E-state index contributed by atoms with van der Waals surface area (Å²) >= 11 is 14.8. The van der Waals surface area contributed by atoms with Crippen LogP contribution in [-0.4, -0.2) is 11.2 Å². The van der Waals surface area contributed by atoms with Crippen molar-refractivity contribution in [1.82, 2.24) is 4.98 Å². The molecule has 0 atom stereocenters. The summed E-state index contributed by atoms with van der Waals surface area (Å²) in [6, 6.07) is 13.2. The van der Waals surface area contributed by atoms with Gasteiger partial charge in [-0.25, -0.2) is 4.98 Å². The molecule has 4 nitrogen and oxygen atoms in total. The molecule has 0 aliphatic carbocycles. The summed E-state index contributed by atoms with van der Waals surface area (Å²) in [6.07, 6.45) is -2.30. The van der Waals surface area contributed by atoms with Crippen molar-refractivity contribution in [3.05, 3.63) is 85.0 Å². The number of hydrogen-bond acceptors (Lipinski definition) is 4. The molecule has 0 bridgehead atoms. The first-order chi connectivity index (χ1) is 14.2. The van der Waals surface area contributed by atoms with Crippen molar-refractivity contribution in [3.63, 3.8) is 0 Å². The average molecular weight is 566 g/mol. The Morgan fingerprint density at radius 2 is 1.73 bits per heavy atom. The van der Waals surface area contributed by atoms with Crippen LogP contribution in [0.15, 0.2) is 59.8 Å². The Morgan fingerprint density at radius 3 is 2.30 bits per heavy atom. The first-order valence-corrected chi connectivity index (χ1v) is 10.2. The fourth-order valence-electron chi connectivity index (χ4n) is 2.33. The number of nitrogens with zero attached hydrogens (tertiary/aromatic N) is 2. The highest BCUT2D eigenvalue weighted by atomic mass is 127. The van der Waals surface area contributed by atoms with Gasteiger partial charge in [0.1, 0.15) is 12.4 Å². The molecule has 1 heterocycles. The Kier molecular flexibility index (Phi) is 7.43. The lowest BCUT2D eigenvalue weighted by atomic mass is 10.2. The van der Waals surface area contributed by atoms with Crippen molar-refractivity contribution in [3.8, 4) is 5.75 Å². The molecule has 3 aromatic rings. The van der Waals surface area contributed by atoms with E-state index >= 15 is 0 Å². The lowest BCUT2D eigenvalue weighted by molar-refractivity contribution is -0.137. The van der Waals surface area contributed by atoms with Gasteiger partial charge in [-0.05, 0) is 70.1 Å². The minimum Gasteiger partial charge on any atom is -0.486 e. The van der Waals surface area contributed by atoms with Gasteiger partial charge in [-0.1, -0.05) is 35.3 Å². The van der Waals surface area contributed by atoms with E-state index in [9.17, 15) is 13.2 Å². The van der Waals surface area contributed by atoms with E-state index in [1.54, 1.807) is 12.1 Å². The molecule has 0 radical (unpaired) electrons. The van der Waals surface area contributed by atoms with Crippen molar-refractivity contribution in [2.45, 2.75) is 12.8 Å². The fraction of sp³-hybridized carbons (Fsp3) is 0.100. The SMILES string of the molecule is FC(F)(F)c1ccc(N/N=C\c2cc(Cl)c(OCc3ccc(I)cc3)c(Cl)c2)nc1. The van der Waals surface area contributed by atoms with Crippen molar-refractivity contribution in [1.29, 1.82) is 0 Å². The van der Waals surface area contributed by atoms with Gasteiger partial charge in [-0.2, -0.15) is 18.3 Å². The highest BCUT2D eigenvalue weighted by Crippen LogP contribution is 2.34. The zero-order chi connectivity index (χ0) is 21.7. The van der Waals surface area contributed by atoms with E-state index in [2.05, 4.69) is 38.1 Å². The predicted molar refractivity (Wildman–Crippen MR) is 120 cm³/mol.